The molecule has 1 unspecified atom stereocenters. The topological polar surface area (TPSA) is 41.6 Å². The molecule has 1 aromatic carbocycles. The Morgan fingerprint density at radius 1 is 1.43 bits per heavy atom. The highest BCUT2D eigenvalue weighted by molar-refractivity contribution is 5.91. The predicted octanol–water partition coefficient (Wildman–Crippen LogP) is 2.11. The van der Waals surface area contributed by atoms with Gasteiger partial charge in [0.2, 0.25) is 0 Å². The highest BCUT2D eigenvalue weighted by Gasteiger charge is 2.25. The average Bonchev–Trinajstić information content (AvgIpc) is 3.00. The van der Waals surface area contributed by atoms with Crippen molar-refractivity contribution in [3.8, 4) is 0 Å². The molecule has 3 rings (SSSR count). The maximum absolute atomic E-state index is 12.1. The molecule has 0 amide bonds. The summed E-state index contributed by atoms with van der Waals surface area (Å²) in [4.78, 5) is 14.3. The number of nitrogens with zero attached hydrogens (tertiary/aromatic N) is 1. The molecule has 1 fully saturated rings. The Bertz CT molecular complexity index is 547. The van der Waals surface area contributed by atoms with Gasteiger partial charge >= 0.3 is 5.97 Å². The fourth-order valence-corrected chi connectivity index (χ4v) is 3.10. The van der Waals surface area contributed by atoms with Gasteiger partial charge in [-0.25, -0.2) is 4.79 Å². The smallest absolute Gasteiger partial charge is 0.335 e. The van der Waals surface area contributed by atoms with Gasteiger partial charge in [-0.2, -0.15) is 0 Å². The molecule has 4 nitrogen and oxygen atoms in total. The molecule has 0 radical (unpaired) electrons. The Kier molecular flexibility index (Phi) is 4.25. The van der Waals surface area contributed by atoms with E-state index in [9.17, 15) is 4.79 Å². The van der Waals surface area contributed by atoms with Crippen LogP contribution in [0.15, 0.2) is 36.0 Å². The molecule has 112 valence electrons. The minimum Gasteiger partial charge on any atom is -0.463 e. The van der Waals surface area contributed by atoms with Crippen LogP contribution in [0.5, 0.6) is 0 Å². The predicted molar refractivity (Wildman–Crippen MR) is 83.2 cm³/mol. The van der Waals surface area contributed by atoms with Crippen molar-refractivity contribution < 1.29 is 9.53 Å². The second kappa shape index (κ2) is 6.31. The minimum atomic E-state index is -0.193. The number of carbonyl (C=O) groups excluding carboxylic acids is 1. The maximum Gasteiger partial charge on any atom is 0.335 e. The summed E-state index contributed by atoms with van der Waals surface area (Å²) >= 11 is 0. The fraction of sp³-hybridized carbons (Fsp3) is 0.471. The monoisotopic (exact) mass is 286 g/mol. The van der Waals surface area contributed by atoms with Crippen LogP contribution in [0.3, 0.4) is 0 Å². The summed E-state index contributed by atoms with van der Waals surface area (Å²) in [5.74, 6) is 0.442. The van der Waals surface area contributed by atoms with Crippen LogP contribution in [-0.4, -0.2) is 32.2 Å². The van der Waals surface area contributed by atoms with Gasteiger partial charge in [0.25, 0.3) is 0 Å². The third kappa shape index (κ3) is 3.10. The quantitative estimate of drug-likeness (QED) is 0.861. The summed E-state index contributed by atoms with van der Waals surface area (Å²) < 4.78 is 5.17. The zero-order valence-electron chi connectivity index (χ0n) is 12.5. The summed E-state index contributed by atoms with van der Waals surface area (Å²) in [6, 6.07) is 8.32. The molecule has 2 heterocycles. The maximum atomic E-state index is 12.1. The number of rotatable bonds is 4. The first kappa shape index (κ1) is 14.1. The van der Waals surface area contributed by atoms with E-state index in [1.54, 1.807) is 0 Å². The summed E-state index contributed by atoms with van der Waals surface area (Å²) in [5, 5.41) is 3.40. The van der Waals surface area contributed by atoms with E-state index in [-0.39, 0.29) is 5.97 Å². The minimum absolute atomic E-state index is 0.193. The molecular weight excluding hydrogens is 264 g/mol. The number of fused-ring (bicyclic) bond motifs is 1. The first-order valence-corrected chi connectivity index (χ1v) is 7.71. The van der Waals surface area contributed by atoms with E-state index < -0.39 is 0 Å². The fourth-order valence-electron chi connectivity index (χ4n) is 3.10. The molecular formula is C17H22N2O2. The van der Waals surface area contributed by atoms with Crippen LogP contribution in [0.25, 0.3) is 0 Å². The molecule has 0 aliphatic carbocycles. The molecule has 0 aromatic heterocycles. The number of nitrogens with one attached hydrogen (secondary N) is 1. The van der Waals surface area contributed by atoms with Gasteiger partial charge in [0.1, 0.15) is 0 Å². The van der Waals surface area contributed by atoms with Crippen LogP contribution in [0, 0.1) is 5.92 Å². The standard InChI is InChI=1S/C17H22N2O2/c1-2-21-17(20)15-9-14-5-3-4-6-16(14)19(12-15)11-13-7-8-18-10-13/h3-6,12-13,18H,2,7-11H2,1H3. The van der Waals surface area contributed by atoms with Crippen molar-refractivity contribution in [2.45, 2.75) is 19.8 Å². The Hall–Kier alpha value is -1.81. The zero-order valence-corrected chi connectivity index (χ0v) is 12.5. The summed E-state index contributed by atoms with van der Waals surface area (Å²) in [6.45, 7) is 5.37. The highest BCUT2D eigenvalue weighted by Crippen LogP contribution is 2.30. The van der Waals surface area contributed by atoms with Gasteiger partial charge in [-0.3, -0.25) is 0 Å². The Balaban J connectivity index is 1.84. The first-order valence-electron chi connectivity index (χ1n) is 7.71. The van der Waals surface area contributed by atoms with E-state index in [0.29, 0.717) is 18.9 Å². The first-order chi connectivity index (χ1) is 10.3. The number of esters is 1. The average molecular weight is 286 g/mol. The Morgan fingerprint density at radius 2 is 2.29 bits per heavy atom. The number of ether oxygens (including phenoxy) is 1. The number of anilines is 1. The second-order valence-electron chi connectivity index (χ2n) is 5.69. The molecule has 0 saturated carbocycles. The number of hydrogen-bond acceptors (Lipinski definition) is 4. The molecule has 21 heavy (non-hydrogen) atoms. The summed E-state index contributed by atoms with van der Waals surface area (Å²) in [5.41, 5.74) is 3.17. The van der Waals surface area contributed by atoms with Gasteiger partial charge in [0, 0.05) is 24.9 Å². The van der Waals surface area contributed by atoms with E-state index in [1.165, 1.54) is 17.7 Å². The molecule has 0 spiro atoms. The number of hydrogen-bond donors (Lipinski definition) is 1. The van der Waals surface area contributed by atoms with Crippen LogP contribution < -0.4 is 10.2 Å². The van der Waals surface area contributed by atoms with Crippen molar-refractivity contribution in [3.05, 3.63) is 41.6 Å². The lowest BCUT2D eigenvalue weighted by molar-refractivity contribution is -0.138. The molecule has 1 atom stereocenters. The zero-order chi connectivity index (χ0) is 14.7. The largest absolute Gasteiger partial charge is 0.463 e. The lowest BCUT2D eigenvalue weighted by Gasteiger charge is -2.30. The molecule has 2 aliphatic rings. The Morgan fingerprint density at radius 3 is 3.05 bits per heavy atom. The highest BCUT2D eigenvalue weighted by atomic mass is 16.5. The third-order valence-corrected chi connectivity index (χ3v) is 4.15. The van der Waals surface area contributed by atoms with Crippen LogP contribution in [-0.2, 0) is 16.0 Å². The van der Waals surface area contributed by atoms with Crippen LogP contribution in [0.4, 0.5) is 5.69 Å². The number of carbonyl (C=O) groups is 1. The van der Waals surface area contributed by atoms with Crippen molar-refractivity contribution in [1.82, 2.24) is 5.32 Å². The SMILES string of the molecule is CCOC(=O)C1=CN(CC2CCNC2)c2ccccc2C1. The molecule has 4 heteroatoms. The van der Waals surface area contributed by atoms with Crippen molar-refractivity contribution in [2.75, 3.05) is 31.1 Å². The summed E-state index contributed by atoms with van der Waals surface area (Å²) in [7, 11) is 0. The summed E-state index contributed by atoms with van der Waals surface area (Å²) in [6.07, 6.45) is 3.84. The van der Waals surface area contributed by atoms with Crippen molar-refractivity contribution in [2.24, 2.45) is 5.92 Å². The molecule has 1 aromatic rings. The third-order valence-electron chi connectivity index (χ3n) is 4.15. The van der Waals surface area contributed by atoms with Gasteiger partial charge in [0.05, 0.1) is 12.2 Å². The molecule has 1 N–H and O–H groups in total. The van der Waals surface area contributed by atoms with Gasteiger partial charge in [0.15, 0.2) is 0 Å². The molecule has 2 aliphatic heterocycles. The second-order valence-corrected chi connectivity index (χ2v) is 5.69. The molecule has 1 saturated heterocycles. The Labute approximate surface area is 125 Å². The van der Waals surface area contributed by atoms with Crippen LogP contribution in [0.1, 0.15) is 18.9 Å². The van der Waals surface area contributed by atoms with Crippen LogP contribution in [0.2, 0.25) is 0 Å². The van der Waals surface area contributed by atoms with E-state index >= 15 is 0 Å². The van der Waals surface area contributed by atoms with Gasteiger partial charge in [-0.05, 0) is 44.0 Å². The van der Waals surface area contributed by atoms with E-state index in [4.69, 9.17) is 4.74 Å². The van der Waals surface area contributed by atoms with E-state index in [2.05, 4.69) is 28.4 Å². The lowest BCUT2D eigenvalue weighted by atomic mass is 9.98. The van der Waals surface area contributed by atoms with Gasteiger partial charge in [-0.15, -0.1) is 0 Å². The van der Waals surface area contributed by atoms with Crippen molar-refractivity contribution in [1.29, 1.82) is 0 Å². The van der Waals surface area contributed by atoms with Crippen molar-refractivity contribution in [3.63, 3.8) is 0 Å². The normalized spacial score (nSPS) is 20.9. The number of para-hydroxylation sites is 1. The lowest BCUT2D eigenvalue weighted by Crippen LogP contribution is -2.30. The molecule has 0 bridgehead atoms. The van der Waals surface area contributed by atoms with Crippen LogP contribution >= 0.6 is 0 Å². The van der Waals surface area contributed by atoms with Gasteiger partial charge in [-0.1, -0.05) is 18.2 Å². The number of benzene rings is 1. The van der Waals surface area contributed by atoms with Crippen molar-refractivity contribution >= 4 is 11.7 Å². The van der Waals surface area contributed by atoms with E-state index in [1.807, 2.05) is 19.2 Å². The van der Waals surface area contributed by atoms with Gasteiger partial charge < -0.3 is 15.0 Å². The van der Waals surface area contributed by atoms with E-state index in [0.717, 1.165) is 25.2 Å².